The van der Waals surface area contributed by atoms with E-state index in [4.69, 9.17) is 21.4 Å². The van der Waals surface area contributed by atoms with Crippen molar-refractivity contribution in [1.29, 1.82) is 0 Å². The van der Waals surface area contributed by atoms with Gasteiger partial charge in [-0.3, -0.25) is 24.7 Å². The third-order valence-electron chi connectivity index (χ3n) is 19.6. The topological polar surface area (TPSA) is 309 Å². The van der Waals surface area contributed by atoms with E-state index in [1.54, 1.807) is 0 Å². The maximum Gasteiger partial charge on any atom is 0.323 e. The van der Waals surface area contributed by atoms with Gasteiger partial charge in [-0.05, 0) is 131 Å². The van der Waals surface area contributed by atoms with E-state index in [0.717, 1.165) is 146 Å². The number of nitrogens with two attached hydrogens (primary N) is 2. The Labute approximate surface area is 696 Å². The standard InChI is InChI=1S/2C22H17F4N5O.2C21H18F4N2O.C2H4O2/c2*1-14-2-4-15(5-3-14)16-6-9-20(27-11-16)22(25,26)21(32,12-31-13-28-29-30-31)18-8-7-17(23)10-19(18)24;2*1-13-2-4-14(5-3-13)15-6-9-19(27-11-15)21(24,25)20(28,12-26)17-8-7-16(22)10-18(17)23;1-2(3)4/h2*2-11,13,32H,12H2,1H3;2*2-11,28H,12,26H2,1H3;1H3,(H,3,4)/t2*21-;2*20-;/m1010./s1. The third-order valence-corrected chi connectivity index (χ3v) is 19.6. The number of hydrogen-bond donors (Lipinski definition) is 7. The van der Waals surface area contributed by atoms with Gasteiger partial charge in [0.05, 0.1) is 13.1 Å². The number of carbonyl (C=O) groups is 1. The summed E-state index contributed by atoms with van der Waals surface area (Å²) in [6.45, 7) is 4.97. The molecule has 0 saturated carbocycles. The summed E-state index contributed by atoms with van der Waals surface area (Å²) in [7, 11) is 0. The maximum absolute atomic E-state index is 15.7. The summed E-state index contributed by atoms with van der Waals surface area (Å²) in [5.41, 5.74) is 1.52. The minimum Gasteiger partial charge on any atom is -0.481 e. The molecule has 124 heavy (non-hydrogen) atoms. The van der Waals surface area contributed by atoms with Crippen LogP contribution in [0.1, 0.15) is 74.2 Å². The lowest BCUT2D eigenvalue weighted by atomic mass is 9.84. The number of carboxylic acids is 1. The lowest BCUT2D eigenvalue weighted by molar-refractivity contribution is -0.207. The molecule has 0 fully saturated rings. The van der Waals surface area contributed by atoms with E-state index in [2.05, 4.69) is 51.0 Å². The Morgan fingerprint density at radius 3 is 0.702 bits per heavy atom. The molecule has 0 aliphatic rings. The van der Waals surface area contributed by atoms with Gasteiger partial charge in [0.25, 0.3) is 5.97 Å². The van der Waals surface area contributed by atoms with Gasteiger partial charge in [0.1, 0.15) is 82.0 Å². The minimum atomic E-state index is -4.09. The Hall–Kier alpha value is -13.4. The molecule has 644 valence electrons. The molecule has 0 aliphatic heterocycles. The molecular weight excluding hydrogens is 1650 g/mol. The molecule has 0 aliphatic carbocycles. The summed E-state index contributed by atoms with van der Waals surface area (Å²) in [6, 6.07) is 47.4. The predicted octanol–water partition coefficient (Wildman–Crippen LogP) is 16.6. The number of benzene rings is 8. The van der Waals surface area contributed by atoms with Crippen LogP contribution in [-0.4, -0.2) is 105 Å². The number of carboxylic acid groups (broad SMARTS) is 1. The highest BCUT2D eigenvalue weighted by molar-refractivity contribution is 5.66. The van der Waals surface area contributed by atoms with Crippen molar-refractivity contribution >= 4 is 5.97 Å². The van der Waals surface area contributed by atoms with Crippen LogP contribution in [0.4, 0.5) is 70.2 Å². The molecule has 9 N–H and O–H groups in total. The third kappa shape index (κ3) is 20.3. The number of hydrogen-bond acceptors (Lipinski definition) is 17. The number of aromatic nitrogens is 12. The first-order valence-electron chi connectivity index (χ1n) is 36.9. The molecule has 6 heterocycles. The van der Waals surface area contributed by atoms with Crippen molar-refractivity contribution in [3.05, 3.63) is 370 Å². The number of halogens is 16. The van der Waals surface area contributed by atoms with Crippen molar-refractivity contribution in [3.8, 4) is 44.5 Å². The van der Waals surface area contributed by atoms with Crippen LogP contribution in [0.15, 0.2) is 256 Å². The Morgan fingerprint density at radius 2 is 0.524 bits per heavy atom. The van der Waals surface area contributed by atoms with Crippen molar-refractivity contribution in [2.45, 2.75) is 93.8 Å². The van der Waals surface area contributed by atoms with Crippen molar-refractivity contribution < 1.29 is 101 Å². The summed E-state index contributed by atoms with van der Waals surface area (Å²) < 4.78 is 235. The first-order chi connectivity index (χ1) is 58.5. The van der Waals surface area contributed by atoms with Crippen LogP contribution in [0.3, 0.4) is 0 Å². The van der Waals surface area contributed by atoms with Gasteiger partial charge in [0.15, 0.2) is 22.4 Å². The van der Waals surface area contributed by atoms with E-state index in [9.17, 15) is 55.5 Å². The molecule has 14 rings (SSSR count). The average molecular weight is 1730 g/mol. The second-order valence-electron chi connectivity index (χ2n) is 28.4. The van der Waals surface area contributed by atoms with Gasteiger partial charge in [0.2, 0.25) is 0 Å². The molecule has 0 saturated heterocycles. The average Bonchev–Trinajstić information content (AvgIpc) is 1.13. The highest BCUT2D eigenvalue weighted by Gasteiger charge is 2.61. The fraction of sp³-hybridized carbons (Fsp3) is 0.193. The Balaban J connectivity index is 0.000000171. The molecule has 20 nitrogen and oxygen atoms in total. The summed E-state index contributed by atoms with van der Waals surface area (Å²) in [6.07, 6.45) is 6.96. The van der Waals surface area contributed by atoms with E-state index >= 15 is 35.1 Å². The zero-order chi connectivity index (χ0) is 90.5. The molecule has 0 spiro atoms. The summed E-state index contributed by atoms with van der Waals surface area (Å²) in [4.78, 5) is 24.2. The first kappa shape index (κ1) is 92.9. The van der Waals surface area contributed by atoms with Crippen LogP contribution in [0, 0.1) is 74.2 Å². The van der Waals surface area contributed by atoms with Gasteiger partial charge >= 0.3 is 23.7 Å². The van der Waals surface area contributed by atoms with Crippen LogP contribution in [0.2, 0.25) is 0 Å². The van der Waals surface area contributed by atoms with E-state index < -0.39 is 170 Å². The number of aryl methyl sites for hydroxylation is 4. The van der Waals surface area contributed by atoms with Gasteiger partial charge in [-0.15, -0.1) is 10.2 Å². The summed E-state index contributed by atoms with van der Waals surface area (Å²) in [5.74, 6) is -26.2. The minimum absolute atomic E-state index is 0.417. The van der Waals surface area contributed by atoms with Crippen LogP contribution in [-0.2, 0) is 64.0 Å². The molecular formula is C88H74F16N14O6. The Bertz CT molecular complexity index is 5570. The number of pyridine rings is 4. The number of nitrogens with zero attached hydrogens (tertiary/aromatic N) is 12. The summed E-state index contributed by atoms with van der Waals surface area (Å²) in [5, 5.41) is 71.3. The molecule has 0 radical (unpaired) electrons. The molecule has 4 atom stereocenters. The second-order valence-corrected chi connectivity index (χ2v) is 28.4. The van der Waals surface area contributed by atoms with E-state index in [1.165, 1.54) is 49.1 Å². The van der Waals surface area contributed by atoms with Crippen molar-refractivity contribution in [2.24, 2.45) is 11.5 Å². The largest absolute Gasteiger partial charge is 0.481 e. The Morgan fingerprint density at radius 1 is 0.323 bits per heavy atom. The van der Waals surface area contributed by atoms with Gasteiger partial charge in [0, 0.05) is 114 Å². The monoisotopic (exact) mass is 1730 g/mol. The molecule has 0 amide bonds. The molecule has 0 bridgehead atoms. The molecule has 36 heteroatoms. The number of aliphatic hydroxyl groups is 4. The molecule has 6 aromatic heterocycles. The van der Waals surface area contributed by atoms with E-state index in [0.29, 0.717) is 46.5 Å². The van der Waals surface area contributed by atoms with Crippen molar-refractivity contribution in [1.82, 2.24) is 60.4 Å². The number of alkyl halides is 8. The van der Waals surface area contributed by atoms with Crippen LogP contribution in [0.25, 0.3) is 44.5 Å². The van der Waals surface area contributed by atoms with Gasteiger partial charge in [-0.2, -0.15) is 35.1 Å². The smallest absolute Gasteiger partial charge is 0.323 e. The molecule has 0 unspecified atom stereocenters. The molecule has 8 aromatic carbocycles. The maximum atomic E-state index is 15.7. The fourth-order valence-corrected chi connectivity index (χ4v) is 12.6. The van der Waals surface area contributed by atoms with Crippen LogP contribution in [0.5, 0.6) is 0 Å². The zero-order valence-corrected chi connectivity index (χ0v) is 65.8. The quantitative estimate of drug-likeness (QED) is 0.0310. The van der Waals surface area contributed by atoms with E-state index in [-0.39, 0.29) is 0 Å². The van der Waals surface area contributed by atoms with Crippen molar-refractivity contribution in [3.63, 3.8) is 0 Å². The van der Waals surface area contributed by atoms with Crippen molar-refractivity contribution in [2.75, 3.05) is 13.1 Å². The lowest BCUT2D eigenvalue weighted by Crippen LogP contribution is -2.50. The fourth-order valence-electron chi connectivity index (χ4n) is 12.6. The van der Waals surface area contributed by atoms with Gasteiger partial charge in [-0.25, -0.2) is 44.5 Å². The van der Waals surface area contributed by atoms with Gasteiger partial charge < -0.3 is 37.0 Å². The van der Waals surface area contributed by atoms with E-state index in [1.807, 2.05) is 125 Å². The normalized spacial score (nSPS) is 13.6. The highest BCUT2D eigenvalue weighted by Crippen LogP contribution is 2.51. The second kappa shape index (κ2) is 38.4. The lowest BCUT2D eigenvalue weighted by Gasteiger charge is -2.35. The van der Waals surface area contributed by atoms with Gasteiger partial charge in [-0.1, -0.05) is 156 Å². The predicted molar refractivity (Wildman–Crippen MR) is 421 cm³/mol. The highest BCUT2D eigenvalue weighted by atomic mass is 19.3. The number of tetrazole rings is 2. The summed E-state index contributed by atoms with van der Waals surface area (Å²) >= 11 is 0. The number of aliphatic carboxylic acids is 1. The zero-order valence-electron chi connectivity index (χ0n) is 65.8. The van der Waals surface area contributed by atoms with Crippen LogP contribution >= 0.6 is 0 Å². The molecule has 14 aromatic rings. The SMILES string of the molecule is CC(=O)O.Cc1ccc(-c2ccc(C(F)(F)[C@@](O)(CN)c3ccc(F)cc3F)nc2)cc1.Cc1ccc(-c2ccc(C(F)(F)[C@@](O)(Cn3cnnn3)c3ccc(F)cc3F)nc2)cc1.Cc1ccc(-c2ccc(C(F)(F)[C@](O)(CN)c3ccc(F)cc3F)nc2)cc1.Cc1ccc(-c2ccc(C(F)(F)[C@](O)(Cn3cnnn3)c3ccc(F)cc3F)nc2)cc1. The number of rotatable bonds is 22. The Kier molecular flexibility index (Phi) is 28.7. The van der Waals surface area contributed by atoms with Crippen LogP contribution < -0.4 is 11.5 Å². The first-order valence-corrected chi connectivity index (χ1v) is 36.9.